The summed E-state index contributed by atoms with van der Waals surface area (Å²) in [6.45, 7) is 2.97. The van der Waals surface area contributed by atoms with Gasteiger partial charge in [0.2, 0.25) is 11.8 Å². The Labute approximate surface area is 135 Å². The molecule has 0 spiro atoms. The Morgan fingerprint density at radius 2 is 1.70 bits per heavy atom. The molecule has 0 saturated heterocycles. The van der Waals surface area contributed by atoms with Gasteiger partial charge in [0, 0.05) is 7.11 Å². The maximum atomic E-state index is 5.76. The molecule has 0 bridgehead atoms. The van der Waals surface area contributed by atoms with Gasteiger partial charge in [0.15, 0.2) is 0 Å². The fourth-order valence-electron chi connectivity index (χ4n) is 2.37. The van der Waals surface area contributed by atoms with Gasteiger partial charge in [-0.3, -0.25) is 0 Å². The van der Waals surface area contributed by atoms with Gasteiger partial charge in [-0.25, -0.2) is 4.98 Å². The van der Waals surface area contributed by atoms with Gasteiger partial charge in [0.05, 0.1) is 17.5 Å². The van der Waals surface area contributed by atoms with Crippen LogP contribution in [0, 0.1) is 6.92 Å². The summed E-state index contributed by atoms with van der Waals surface area (Å²) < 4.78 is 10.7. The van der Waals surface area contributed by atoms with Crippen LogP contribution in [0.3, 0.4) is 0 Å². The van der Waals surface area contributed by atoms with Crippen LogP contribution in [-0.4, -0.2) is 30.3 Å². The lowest BCUT2D eigenvalue weighted by atomic mass is 10.0. The first-order valence-corrected chi connectivity index (χ1v) is 7.43. The zero-order valence-electron chi connectivity index (χ0n) is 13.2. The zero-order chi connectivity index (χ0) is 16.2. The first-order valence-electron chi connectivity index (χ1n) is 7.43. The number of benzene rings is 2. The Bertz CT molecular complexity index is 816. The number of methoxy groups -OCH3 is 1. The van der Waals surface area contributed by atoms with Gasteiger partial charge in [0.1, 0.15) is 6.61 Å². The number of nitrogens with two attached hydrogens (primary N) is 1. The zero-order valence-corrected chi connectivity index (χ0v) is 13.2. The lowest BCUT2D eigenvalue weighted by Gasteiger charge is -2.10. The van der Waals surface area contributed by atoms with Crippen molar-refractivity contribution < 1.29 is 9.47 Å². The highest BCUT2D eigenvalue weighted by atomic mass is 16.5. The van der Waals surface area contributed by atoms with Crippen molar-refractivity contribution in [2.45, 2.75) is 6.92 Å². The molecule has 0 amide bonds. The van der Waals surface area contributed by atoms with E-state index in [2.05, 4.69) is 41.2 Å². The van der Waals surface area contributed by atoms with Crippen molar-refractivity contribution in [3.8, 4) is 17.0 Å². The van der Waals surface area contributed by atoms with E-state index >= 15 is 0 Å². The smallest absolute Gasteiger partial charge is 0.226 e. The van der Waals surface area contributed by atoms with E-state index in [1.165, 1.54) is 5.56 Å². The summed E-state index contributed by atoms with van der Waals surface area (Å²) in [4.78, 5) is 8.48. The predicted octanol–water partition coefficient (Wildman–Crippen LogP) is 3.21. The SMILES string of the molecule is COCCOc1nc(N)nc2ccc(-c3ccc(C)cc3)cc12. The summed E-state index contributed by atoms with van der Waals surface area (Å²) in [5, 5.41) is 0.841. The van der Waals surface area contributed by atoms with Crippen LogP contribution in [0.5, 0.6) is 5.88 Å². The highest BCUT2D eigenvalue weighted by Crippen LogP contribution is 2.29. The van der Waals surface area contributed by atoms with E-state index in [1.807, 2.05) is 18.2 Å². The lowest BCUT2D eigenvalue weighted by molar-refractivity contribution is 0.144. The van der Waals surface area contributed by atoms with Crippen molar-refractivity contribution in [2.75, 3.05) is 26.1 Å². The second kappa shape index (κ2) is 6.62. The maximum Gasteiger partial charge on any atom is 0.226 e. The maximum absolute atomic E-state index is 5.76. The Balaban J connectivity index is 2.04. The van der Waals surface area contributed by atoms with Gasteiger partial charge in [-0.1, -0.05) is 35.9 Å². The van der Waals surface area contributed by atoms with Gasteiger partial charge in [-0.05, 0) is 30.2 Å². The highest BCUT2D eigenvalue weighted by Gasteiger charge is 2.09. The summed E-state index contributed by atoms with van der Waals surface area (Å²) in [6, 6.07) is 14.4. The van der Waals surface area contributed by atoms with Crippen LogP contribution in [-0.2, 0) is 4.74 Å². The quantitative estimate of drug-likeness (QED) is 0.733. The molecule has 5 nitrogen and oxygen atoms in total. The summed E-state index contributed by atoms with van der Waals surface area (Å²) in [7, 11) is 1.63. The average molecular weight is 309 g/mol. The number of aromatic nitrogens is 2. The molecule has 3 rings (SSSR count). The minimum Gasteiger partial charge on any atom is -0.475 e. The summed E-state index contributed by atoms with van der Waals surface area (Å²) in [6.07, 6.45) is 0. The Morgan fingerprint density at radius 3 is 2.43 bits per heavy atom. The minimum absolute atomic E-state index is 0.202. The number of fused-ring (bicyclic) bond motifs is 1. The van der Waals surface area contributed by atoms with Crippen molar-refractivity contribution in [1.82, 2.24) is 9.97 Å². The molecule has 0 saturated carbocycles. The fourth-order valence-corrected chi connectivity index (χ4v) is 2.37. The number of hydrogen-bond acceptors (Lipinski definition) is 5. The van der Waals surface area contributed by atoms with Gasteiger partial charge < -0.3 is 15.2 Å². The third kappa shape index (κ3) is 3.40. The second-order valence-electron chi connectivity index (χ2n) is 5.33. The normalized spacial score (nSPS) is 10.9. The van der Waals surface area contributed by atoms with Gasteiger partial charge in [-0.15, -0.1) is 0 Å². The third-order valence-corrected chi connectivity index (χ3v) is 3.59. The molecular weight excluding hydrogens is 290 g/mol. The molecule has 0 aliphatic heterocycles. The van der Waals surface area contributed by atoms with E-state index in [1.54, 1.807) is 7.11 Å². The molecule has 0 atom stereocenters. The average Bonchev–Trinajstić information content (AvgIpc) is 2.55. The van der Waals surface area contributed by atoms with Crippen LogP contribution < -0.4 is 10.5 Å². The number of nitrogens with zero attached hydrogens (tertiary/aromatic N) is 2. The standard InChI is InChI=1S/C18H19N3O2/c1-12-3-5-13(6-4-12)14-7-8-16-15(11-14)17(21-18(19)20-16)23-10-9-22-2/h3-8,11H,9-10H2,1-2H3,(H2,19,20,21). The molecule has 23 heavy (non-hydrogen) atoms. The van der Waals surface area contributed by atoms with Crippen molar-refractivity contribution in [1.29, 1.82) is 0 Å². The molecule has 2 aromatic carbocycles. The first-order chi connectivity index (χ1) is 11.2. The van der Waals surface area contributed by atoms with Crippen LogP contribution in [0.15, 0.2) is 42.5 Å². The number of hydrogen-bond donors (Lipinski definition) is 1. The third-order valence-electron chi connectivity index (χ3n) is 3.59. The monoisotopic (exact) mass is 309 g/mol. The molecule has 2 N–H and O–H groups in total. The van der Waals surface area contributed by atoms with E-state index in [4.69, 9.17) is 15.2 Å². The Morgan fingerprint density at radius 1 is 0.957 bits per heavy atom. The predicted molar refractivity (Wildman–Crippen MR) is 91.5 cm³/mol. The molecule has 0 unspecified atom stereocenters. The number of ether oxygens (including phenoxy) is 2. The van der Waals surface area contributed by atoms with Crippen molar-refractivity contribution >= 4 is 16.9 Å². The van der Waals surface area contributed by atoms with Gasteiger partial charge in [-0.2, -0.15) is 4.98 Å². The first kappa shape index (κ1) is 15.2. The van der Waals surface area contributed by atoms with E-state index in [0.717, 1.165) is 22.0 Å². The van der Waals surface area contributed by atoms with E-state index in [-0.39, 0.29) is 5.95 Å². The number of anilines is 1. The molecule has 3 aromatic rings. The Hall–Kier alpha value is -2.66. The summed E-state index contributed by atoms with van der Waals surface area (Å²) in [5.74, 6) is 0.687. The molecule has 1 heterocycles. The van der Waals surface area contributed by atoms with Crippen LogP contribution in [0.25, 0.3) is 22.0 Å². The van der Waals surface area contributed by atoms with E-state index < -0.39 is 0 Å². The highest BCUT2D eigenvalue weighted by molar-refractivity contribution is 5.89. The van der Waals surface area contributed by atoms with Gasteiger partial charge >= 0.3 is 0 Å². The Kier molecular flexibility index (Phi) is 4.39. The molecule has 0 fully saturated rings. The molecule has 1 aromatic heterocycles. The van der Waals surface area contributed by atoms with Gasteiger partial charge in [0.25, 0.3) is 0 Å². The number of aryl methyl sites for hydroxylation is 1. The van der Waals surface area contributed by atoms with Crippen molar-refractivity contribution in [3.05, 3.63) is 48.0 Å². The minimum atomic E-state index is 0.202. The van der Waals surface area contributed by atoms with Crippen molar-refractivity contribution in [2.24, 2.45) is 0 Å². The lowest BCUT2D eigenvalue weighted by Crippen LogP contribution is -2.07. The van der Waals surface area contributed by atoms with Crippen molar-refractivity contribution in [3.63, 3.8) is 0 Å². The molecular formula is C18H19N3O2. The van der Waals surface area contributed by atoms with E-state index in [9.17, 15) is 0 Å². The second-order valence-corrected chi connectivity index (χ2v) is 5.33. The molecule has 0 aliphatic rings. The molecule has 5 heteroatoms. The number of rotatable bonds is 5. The topological polar surface area (TPSA) is 70.3 Å². The van der Waals surface area contributed by atoms with Crippen LogP contribution in [0.1, 0.15) is 5.56 Å². The molecule has 0 radical (unpaired) electrons. The largest absolute Gasteiger partial charge is 0.475 e. The molecule has 118 valence electrons. The van der Waals surface area contributed by atoms with Crippen LogP contribution in [0.2, 0.25) is 0 Å². The summed E-state index contributed by atoms with van der Waals surface area (Å²) in [5.41, 5.74) is 9.98. The summed E-state index contributed by atoms with van der Waals surface area (Å²) >= 11 is 0. The van der Waals surface area contributed by atoms with E-state index in [0.29, 0.717) is 19.1 Å². The van der Waals surface area contributed by atoms with Crippen LogP contribution in [0.4, 0.5) is 5.95 Å². The fraction of sp³-hybridized carbons (Fsp3) is 0.222. The van der Waals surface area contributed by atoms with Crippen LogP contribution >= 0.6 is 0 Å². The number of nitrogen functional groups attached to an aromatic ring is 1. The molecule has 0 aliphatic carbocycles.